The molecule has 192 valence electrons. The topological polar surface area (TPSA) is 196 Å². The number of aliphatic hydroxyl groups is 5. The van der Waals surface area contributed by atoms with Gasteiger partial charge in [0.05, 0.1) is 16.9 Å². The van der Waals surface area contributed by atoms with Gasteiger partial charge in [0.25, 0.3) is 0 Å². The molecule has 36 heavy (non-hydrogen) atoms. The fourth-order valence-corrected chi connectivity index (χ4v) is 4.23. The number of carboxylic acid groups (broad SMARTS) is 1. The maximum absolute atomic E-state index is 12.3. The Morgan fingerprint density at radius 2 is 1.61 bits per heavy atom. The molecule has 0 aliphatic carbocycles. The zero-order valence-electron chi connectivity index (χ0n) is 19.6. The third-order valence-corrected chi connectivity index (χ3v) is 5.69. The van der Waals surface area contributed by atoms with Crippen LogP contribution in [0.5, 0.6) is 0 Å². The van der Waals surface area contributed by atoms with Crippen molar-refractivity contribution < 1.29 is 35.4 Å². The zero-order valence-corrected chi connectivity index (χ0v) is 21.2. The Morgan fingerprint density at radius 1 is 1.03 bits per heavy atom. The number of halogens is 1. The fourth-order valence-electron chi connectivity index (χ4n) is 3.64. The second-order valence-electron chi connectivity index (χ2n) is 7.55. The van der Waals surface area contributed by atoms with Crippen LogP contribution in [-0.2, 0) is 13.0 Å². The number of pyridine rings is 1. The highest BCUT2D eigenvalue weighted by molar-refractivity contribution is 9.10. The summed E-state index contributed by atoms with van der Waals surface area (Å²) >= 11 is 3.19. The molecule has 0 spiro atoms. The van der Waals surface area contributed by atoms with Crippen LogP contribution in [-0.4, -0.2) is 66.5 Å². The van der Waals surface area contributed by atoms with Crippen LogP contribution in [0.4, 0.5) is 0 Å². The van der Waals surface area contributed by atoms with E-state index in [1.54, 1.807) is 0 Å². The number of rotatable bonds is 5. The van der Waals surface area contributed by atoms with E-state index in [1.807, 2.05) is 13.8 Å². The summed E-state index contributed by atoms with van der Waals surface area (Å²) in [5.41, 5.74) is -0.568. The number of fused-ring (bicyclic) bond motifs is 1. The van der Waals surface area contributed by atoms with Gasteiger partial charge in [-0.25, -0.2) is 23.8 Å². The molecule has 4 rings (SSSR count). The summed E-state index contributed by atoms with van der Waals surface area (Å²) < 4.78 is 3.08. The maximum atomic E-state index is 12.3. The Labute approximate surface area is 211 Å². The number of carboxylic acids is 1. The van der Waals surface area contributed by atoms with Gasteiger partial charge < -0.3 is 30.6 Å². The van der Waals surface area contributed by atoms with Crippen molar-refractivity contribution in [1.29, 1.82) is 0 Å². The third kappa shape index (κ3) is 4.45. The SMILES string of the molecule is CC.Cc1cc2cc(-c3ccc(-n4c(Br)nn(C)c4=O)cc3)n(C(O)(O)C(O)(O)O)c2c(C(=O)O)n1. The van der Waals surface area contributed by atoms with Crippen LogP contribution in [0.15, 0.2) is 45.9 Å². The van der Waals surface area contributed by atoms with Gasteiger partial charge in [-0.2, -0.15) is 0 Å². The first-order chi connectivity index (χ1) is 16.7. The van der Waals surface area contributed by atoms with E-state index in [0.29, 0.717) is 15.9 Å². The van der Waals surface area contributed by atoms with E-state index in [-0.39, 0.29) is 26.9 Å². The van der Waals surface area contributed by atoms with Crippen LogP contribution in [0.25, 0.3) is 27.8 Å². The summed E-state index contributed by atoms with van der Waals surface area (Å²) in [6.45, 7) is 5.53. The predicted octanol–water partition coefficient (Wildman–Crippen LogP) is 0.609. The summed E-state index contributed by atoms with van der Waals surface area (Å²) in [6.07, 6.45) is 0. The molecule has 0 saturated carbocycles. The first-order valence-corrected chi connectivity index (χ1v) is 11.3. The highest BCUT2D eigenvalue weighted by Gasteiger charge is 2.51. The molecule has 0 aliphatic heterocycles. The van der Waals surface area contributed by atoms with Crippen molar-refractivity contribution in [3.05, 3.63) is 63.0 Å². The van der Waals surface area contributed by atoms with Gasteiger partial charge in [-0.15, -0.1) is 5.10 Å². The third-order valence-electron chi connectivity index (χ3n) is 5.18. The number of aryl methyl sites for hydroxylation is 2. The Kier molecular flexibility index (Phi) is 7.23. The van der Waals surface area contributed by atoms with E-state index in [9.17, 15) is 40.2 Å². The predicted molar refractivity (Wildman–Crippen MR) is 130 cm³/mol. The standard InChI is InChI=1S/C20H18BrN5O8.C2H6/c1-9-7-11-8-13(10-3-5-12(6-4-10)25-17(21)23-24(2)18(25)29)26(19(30,31)20(32,33)34)15(11)14(22-9)16(27)28;1-2/h3-8,30-34H,1-2H3,(H,27,28);1-2H3. The number of hydrogen-bond donors (Lipinski definition) is 6. The second-order valence-corrected chi connectivity index (χ2v) is 8.26. The van der Waals surface area contributed by atoms with Crippen molar-refractivity contribution in [2.75, 3.05) is 0 Å². The largest absolute Gasteiger partial charge is 0.476 e. The lowest BCUT2D eigenvalue weighted by molar-refractivity contribution is -0.479. The van der Waals surface area contributed by atoms with Crippen LogP contribution in [0, 0.1) is 6.92 Å². The van der Waals surface area contributed by atoms with E-state index in [1.165, 1.54) is 54.9 Å². The molecule has 0 fully saturated rings. The molecule has 3 aromatic heterocycles. The molecule has 14 heteroatoms. The van der Waals surface area contributed by atoms with Gasteiger partial charge >= 0.3 is 23.5 Å². The average Bonchev–Trinajstić information content (AvgIpc) is 3.30. The Hall–Kier alpha value is -3.40. The molecule has 0 unspecified atom stereocenters. The lowest BCUT2D eigenvalue weighted by atomic mass is 10.1. The van der Waals surface area contributed by atoms with Crippen molar-refractivity contribution in [2.45, 2.75) is 32.7 Å². The van der Waals surface area contributed by atoms with Crippen LogP contribution >= 0.6 is 15.9 Å². The number of nitrogens with zero attached hydrogens (tertiary/aromatic N) is 5. The van der Waals surface area contributed by atoms with Gasteiger partial charge in [-0.3, -0.25) is 4.57 Å². The summed E-state index contributed by atoms with van der Waals surface area (Å²) in [5.74, 6) is -9.39. The molecule has 0 saturated heterocycles. The summed E-state index contributed by atoms with van der Waals surface area (Å²) in [6, 6.07) is 8.77. The van der Waals surface area contributed by atoms with Crippen LogP contribution in [0.2, 0.25) is 0 Å². The van der Waals surface area contributed by atoms with Crippen molar-refractivity contribution in [2.24, 2.45) is 7.05 Å². The summed E-state index contributed by atoms with van der Waals surface area (Å²) in [5, 5.41) is 63.8. The summed E-state index contributed by atoms with van der Waals surface area (Å²) in [4.78, 5) is 28.0. The molecular formula is C22H24BrN5O8. The molecule has 0 bridgehead atoms. The highest BCUT2D eigenvalue weighted by Crippen LogP contribution is 2.37. The van der Waals surface area contributed by atoms with E-state index in [2.05, 4.69) is 26.0 Å². The minimum absolute atomic E-state index is 0.0967. The van der Waals surface area contributed by atoms with Crippen molar-refractivity contribution in [3.63, 3.8) is 0 Å². The quantitative estimate of drug-likeness (QED) is 0.186. The smallest absolute Gasteiger partial charge is 0.356 e. The van der Waals surface area contributed by atoms with Gasteiger partial charge in [0, 0.05) is 18.1 Å². The Balaban J connectivity index is 0.00000176. The number of hydrogen-bond acceptors (Lipinski definition) is 9. The van der Waals surface area contributed by atoms with Crippen molar-refractivity contribution in [3.8, 4) is 16.9 Å². The molecule has 4 aromatic rings. The van der Waals surface area contributed by atoms with E-state index in [0.717, 1.165) is 4.68 Å². The molecule has 13 nitrogen and oxygen atoms in total. The molecule has 3 heterocycles. The lowest BCUT2D eigenvalue weighted by Gasteiger charge is -2.33. The molecular weight excluding hydrogens is 542 g/mol. The van der Waals surface area contributed by atoms with Crippen molar-refractivity contribution >= 4 is 32.8 Å². The van der Waals surface area contributed by atoms with Gasteiger partial charge in [0.2, 0.25) is 4.73 Å². The van der Waals surface area contributed by atoms with E-state index in [4.69, 9.17) is 0 Å². The molecule has 0 atom stereocenters. The molecule has 0 aliphatic rings. The molecule has 1 aromatic carbocycles. The van der Waals surface area contributed by atoms with Gasteiger partial charge in [-0.1, -0.05) is 26.0 Å². The van der Waals surface area contributed by atoms with Crippen LogP contribution in [0.1, 0.15) is 30.0 Å². The molecule has 0 radical (unpaired) electrons. The Morgan fingerprint density at radius 3 is 2.08 bits per heavy atom. The lowest BCUT2D eigenvalue weighted by Crippen LogP contribution is -2.56. The van der Waals surface area contributed by atoms with Gasteiger partial charge in [-0.05, 0) is 52.7 Å². The minimum atomic E-state index is -4.08. The fraction of sp³-hybridized carbons (Fsp3) is 0.273. The first-order valence-electron chi connectivity index (χ1n) is 10.5. The van der Waals surface area contributed by atoms with E-state index < -0.39 is 29.2 Å². The van der Waals surface area contributed by atoms with Crippen molar-refractivity contribution in [1.82, 2.24) is 23.9 Å². The maximum Gasteiger partial charge on any atom is 0.356 e. The minimum Gasteiger partial charge on any atom is -0.476 e. The van der Waals surface area contributed by atoms with Gasteiger partial charge in [0.1, 0.15) is 0 Å². The molecule has 6 N–H and O–H groups in total. The number of carbonyl (C=O) groups is 1. The normalized spacial score (nSPS) is 11.9. The first kappa shape index (κ1) is 27.2. The summed E-state index contributed by atoms with van der Waals surface area (Å²) in [7, 11) is 1.47. The van der Waals surface area contributed by atoms with Crippen LogP contribution < -0.4 is 5.69 Å². The highest BCUT2D eigenvalue weighted by atomic mass is 79.9. The molecule has 0 amide bonds. The Bertz CT molecular complexity index is 1500. The average molecular weight is 566 g/mol. The monoisotopic (exact) mass is 565 g/mol. The number of benzene rings is 1. The van der Waals surface area contributed by atoms with Crippen LogP contribution in [0.3, 0.4) is 0 Å². The second kappa shape index (κ2) is 9.57. The zero-order chi connectivity index (χ0) is 27.2. The van der Waals surface area contributed by atoms with E-state index >= 15 is 0 Å². The number of aromatic carboxylic acids is 1. The van der Waals surface area contributed by atoms with Gasteiger partial charge in [0.15, 0.2) is 5.69 Å². The number of aromatic nitrogens is 5.